The van der Waals surface area contributed by atoms with Crippen molar-refractivity contribution in [1.29, 1.82) is 0 Å². The summed E-state index contributed by atoms with van der Waals surface area (Å²) < 4.78 is 39.7. The predicted molar refractivity (Wildman–Crippen MR) is 89.7 cm³/mol. The molecule has 0 saturated heterocycles. The zero-order chi connectivity index (χ0) is 18.3. The number of rotatable bonds is 7. The van der Waals surface area contributed by atoms with Crippen LogP contribution in [0.5, 0.6) is 0 Å². The summed E-state index contributed by atoms with van der Waals surface area (Å²) in [5.41, 5.74) is 1.12. The van der Waals surface area contributed by atoms with Gasteiger partial charge in [0, 0.05) is 12.6 Å². The standard InChI is InChI=1S/C19H20F3N3O/c20-9-15-16(17(18(21)22)24-23-15)19(26)25(13-7-8-13)10-12-3-1-2-4-14(12)11-5-6-11/h1-4,11,13,18H,5-10H2,(H,23,24). The van der Waals surface area contributed by atoms with E-state index in [9.17, 15) is 18.0 Å². The second-order valence-electron chi connectivity index (χ2n) is 7.03. The molecule has 1 N–H and O–H groups in total. The number of halogens is 3. The Morgan fingerprint density at radius 1 is 1.23 bits per heavy atom. The Morgan fingerprint density at radius 3 is 2.58 bits per heavy atom. The van der Waals surface area contributed by atoms with Gasteiger partial charge >= 0.3 is 0 Å². The van der Waals surface area contributed by atoms with Gasteiger partial charge in [0.1, 0.15) is 12.4 Å². The van der Waals surface area contributed by atoms with Crippen molar-refractivity contribution < 1.29 is 18.0 Å². The van der Waals surface area contributed by atoms with Gasteiger partial charge in [-0.2, -0.15) is 5.10 Å². The summed E-state index contributed by atoms with van der Waals surface area (Å²) in [6.07, 6.45) is 1.02. The fourth-order valence-electron chi connectivity index (χ4n) is 3.44. The van der Waals surface area contributed by atoms with E-state index in [-0.39, 0.29) is 17.3 Å². The van der Waals surface area contributed by atoms with Gasteiger partial charge < -0.3 is 4.90 Å². The molecule has 2 aromatic rings. The SMILES string of the molecule is O=C(c1c(C(F)F)n[nH]c1CF)N(Cc1ccccc1C1CC1)C1CC1. The Labute approximate surface area is 149 Å². The van der Waals surface area contributed by atoms with Gasteiger partial charge in [0.05, 0.1) is 11.3 Å². The molecule has 26 heavy (non-hydrogen) atoms. The van der Waals surface area contributed by atoms with Crippen LogP contribution in [0.3, 0.4) is 0 Å². The summed E-state index contributed by atoms with van der Waals surface area (Å²) in [7, 11) is 0. The fourth-order valence-corrected chi connectivity index (χ4v) is 3.44. The van der Waals surface area contributed by atoms with Gasteiger partial charge in [0.25, 0.3) is 12.3 Å². The van der Waals surface area contributed by atoms with Crippen LogP contribution >= 0.6 is 0 Å². The Kier molecular flexibility index (Phi) is 4.46. The van der Waals surface area contributed by atoms with Crippen molar-refractivity contribution in [3.05, 3.63) is 52.3 Å². The van der Waals surface area contributed by atoms with Crippen LogP contribution in [0, 0.1) is 0 Å². The number of aromatic nitrogens is 2. The largest absolute Gasteiger partial charge is 0.331 e. The molecule has 1 aromatic carbocycles. The van der Waals surface area contributed by atoms with Crippen molar-refractivity contribution in [1.82, 2.24) is 15.1 Å². The quantitative estimate of drug-likeness (QED) is 0.787. The van der Waals surface area contributed by atoms with Gasteiger partial charge in [0.15, 0.2) is 0 Å². The number of carbonyl (C=O) groups excluding carboxylic acids is 1. The predicted octanol–water partition coefficient (Wildman–Crippen LogP) is 4.50. The molecule has 4 nitrogen and oxygen atoms in total. The van der Waals surface area contributed by atoms with E-state index in [1.165, 1.54) is 5.56 Å². The minimum atomic E-state index is -2.93. The molecule has 4 rings (SSSR count). The lowest BCUT2D eigenvalue weighted by Gasteiger charge is -2.24. The first kappa shape index (κ1) is 17.1. The number of alkyl halides is 3. The number of amides is 1. The third-order valence-corrected chi connectivity index (χ3v) is 5.08. The molecule has 1 amide bonds. The molecular weight excluding hydrogens is 343 g/mol. The van der Waals surface area contributed by atoms with Gasteiger partial charge in [-0.25, -0.2) is 13.2 Å². The number of carbonyl (C=O) groups is 1. The van der Waals surface area contributed by atoms with Crippen LogP contribution in [0.15, 0.2) is 24.3 Å². The molecule has 1 heterocycles. The number of hydrogen-bond acceptors (Lipinski definition) is 2. The minimum absolute atomic E-state index is 0.0163. The molecule has 0 spiro atoms. The third-order valence-electron chi connectivity index (χ3n) is 5.08. The molecular formula is C19H20F3N3O. The molecule has 2 aliphatic carbocycles. The molecule has 0 unspecified atom stereocenters. The van der Waals surface area contributed by atoms with Crippen LogP contribution in [0.2, 0.25) is 0 Å². The zero-order valence-electron chi connectivity index (χ0n) is 14.2. The monoisotopic (exact) mass is 363 g/mol. The maximum absolute atomic E-state index is 13.2. The Bertz CT molecular complexity index is 812. The average molecular weight is 363 g/mol. The molecule has 0 radical (unpaired) electrons. The van der Waals surface area contributed by atoms with Crippen molar-refractivity contribution >= 4 is 5.91 Å². The molecule has 0 aliphatic heterocycles. The van der Waals surface area contributed by atoms with E-state index < -0.39 is 24.7 Å². The van der Waals surface area contributed by atoms with E-state index in [1.54, 1.807) is 4.90 Å². The summed E-state index contributed by atoms with van der Waals surface area (Å²) in [6, 6.07) is 7.97. The van der Waals surface area contributed by atoms with Gasteiger partial charge in [-0.3, -0.25) is 9.89 Å². The van der Waals surface area contributed by atoms with E-state index in [1.807, 2.05) is 18.2 Å². The first-order chi connectivity index (χ1) is 12.6. The van der Waals surface area contributed by atoms with Crippen LogP contribution in [0.1, 0.15) is 70.9 Å². The summed E-state index contributed by atoms with van der Waals surface area (Å²) in [5.74, 6) is -0.0379. The highest BCUT2D eigenvalue weighted by Crippen LogP contribution is 2.42. The van der Waals surface area contributed by atoms with Crippen LogP contribution in [-0.2, 0) is 13.2 Å². The molecule has 138 valence electrons. The number of hydrogen-bond donors (Lipinski definition) is 1. The number of H-pyrrole nitrogens is 1. The highest BCUT2D eigenvalue weighted by Gasteiger charge is 2.38. The molecule has 2 aliphatic rings. The summed E-state index contributed by atoms with van der Waals surface area (Å²) in [4.78, 5) is 14.7. The van der Waals surface area contributed by atoms with Gasteiger partial charge in [0.2, 0.25) is 0 Å². The molecule has 7 heteroatoms. The number of nitrogens with zero attached hydrogens (tertiary/aromatic N) is 2. The van der Waals surface area contributed by atoms with Gasteiger partial charge in [-0.15, -0.1) is 0 Å². The van der Waals surface area contributed by atoms with Crippen LogP contribution < -0.4 is 0 Å². The second-order valence-corrected chi connectivity index (χ2v) is 7.03. The highest BCUT2D eigenvalue weighted by molar-refractivity contribution is 5.97. The number of nitrogens with one attached hydrogen (secondary N) is 1. The molecule has 2 fully saturated rings. The van der Waals surface area contributed by atoms with E-state index >= 15 is 0 Å². The molecule has 1 aromatic heterocycles. The lowest BCUT2D eigenvalue weighted by molar-refractivity contribution is 0.0715. The van der Waals surface area contributed by atoms with Crippen LogP contribution in [-0.4, -0.2) is 27.0 Å². The van der Waals surface area contributed by atoms with Crippen molar-refractivity contribution in [3.63, 3.8) is 0 Å². The Hall–Kier alpha value is -2.31. The van der Waals surface area contributed by atoms with Crippen LogP contribution in [0.4, 0.5) is 13.2 Å². The molecule has 2 saturated carbocycles. The van der Waals surface area contributed by atoms with E-state index in [2.05, 4.69) is 16.3 Å². The maximum atomic E-state index is 13.2. The summed E-state index contributed by atoms with van der Waals surface area (Å²) >= 11 is 0. The summed E-state index contributed by atoms with van der Waals surface area (Å²) in [5, 5.41) is 5.72. The normalized spacial score (nSPS) is 16.9. The van der Waals surface area contributed by atoms with Crippen LogP contribution in [0.25, 0.3) is 0 Å². The van der Waals surface area contributed by atoms with E-state index in [0.717, 1.165) is 31.2 Å². The number of benzene rings is 1. The lowest BCUT2D eigenvalue weighted by atomic mass is 10.0. The first-order valence-electron chi connectivity index (χ1n) is 8.90. The first-order valence-corrected chi connectivity index (χ1v) is 8.90. The van der Waals surface area contributed by atoms with E-state index in [0.29, 0.717) is 12.5 Å². The maximum Gasteiger partial charge on any atom is 0.282 e. The molecule has 0 bridgehead atoms. The smallest absolute Gasteiger partial charge is 0.282 e. The fraction of sp³-hybridized carbons (Fsp3) is 0.474. The second kappa shape index (κ2) is 6.78. The number of aromatic amines is 1. The minimum Gasteiger partial charge on any atom is -0.331 e. The topological polar surface area (TPSA) is 49.0 Å². The van der Waals surface area contributed by atoms with E-state index in [4.69, 9.17) is 0 Å². The van der Waals surface area contributed by atoms with Crippen molar-refractivity contribution in [3.8, 4) is 0 Å². The Balaban J connectivity index is 1.66. The van der Waals surface area contributed by atoms with Gasteiger partial charge in [-0.05, 0) is 42.7 Å². The lowest BCUT2D eigenvalue weighted by Crippen LogP contribution is -2.34. The van der Waals surface area contributed by atoms with Crippen molar-refractivity contribution in [2.24, 2.45) is 0 Å². The third kappa shape index (κ3) is 3.22. The van der Waals surface area contributed by atoms with Crippen molar-refractivity contribution in [2.75, 3.05) is 0 Å². The average Bonchev–Trinajstić information content (AvgIpc) is 3.56. The summed E-state index contributed by atoms with van der Waals surface area (Å²) in [6.45, 7) is -0.673. The van der Waals surface area contributed by atoms with Crippen molar-refractivity contribution in [2.45, 2.75) is 57.3 Å². The zero-order valence-corrected chi connectivity index (χ0v) is 14.2. The Morgan fingerprint density at radius 2 is 1.96 bits per heavy atom. The molecule has 0 atom stereocenters. The highest BCUT2D eigenvalue weighted by atomic mass is 19.3. The van der Waals surface area contributed by atoms with Gasteiger partial charge in [-0.1, -0.05) is 24.3 Å².